The summed E-state index contributed by atoms with van der Waals surface area (Å²) in [5.74, 6) is -1.28. The number of aromatic nitrogens is 1. The molecule has 2 heterocycles. The second-order valence-electron chi connectivity index (χ2n) is 6.62. The van der Waals surface area contributed by atoms with Crippen LogP contribution in [0.15, 0.2) is 54.4 Å². The molecule has 1 aromatic carbocycles. The van der Waals surface area contributed by atoms with Crippen LogP contribution >= 0.6 is 0 Å². The first-order valence-corrected chi connectivity index (χ1v) is 8.77. The zero-order valence-corrected chi connectivity index (χ0v) is 14.2. The van der Waals surface area contributed by atoms with Gasteiger partial charge in [0, 0.05) is 18.4 Å². The van der Waals surface area contributed by atoms with Gasteiger partial charge in [-0.25, -0.2) is 9.69 Å². The summed E-state index contributed by atoms with van der Waals surface area (Å²) in [5.41, 5.74) is 1.16. The minimum Gasteiger partial charge on any atom is -0.351 e. The summed E-state index contributed by atoms with van der Waals surface area (Å²) >= 11 is 0. The molecule has 0 radical (unpaired) electrons. The molecule has 0 atom stereocenters. The number of benzene rings is 1. The van der Waals surface area contributed by atoms with E-state index < -0.39 is 17.8 Å². The minimum atomic E-state index is -0.730. The number of imide groups is 2. The SMILES string of the molecule is O=C1NC(=O)N(c2ccccc2)C(=O)/C1=C\c1ccn(C2CCCC2)c1. The lowest BCUT2D eigenvalue weighted by Gasteiger charge is -2.26. The molecule has 26 heavy (non-hydrogen) atoms. The molecule has 6 nitrogen and oxygen atoms in total. The standard InChI is InChI=1S/C20H19N3O3/c24-18-17(12-14-10-11-22(13-14)15-6-4-5-7-15)19(25)23(20(26)21-18)16-8-2-1-3-9-16/h1-3,8-13,15H,4-7H2,(H,21,24,26)/b17-12-. The second kappa shape index (κ2) is 6.63. The Morgan fingerprint density at radius 3 is 2.46 bits per heavy atom. The zero-order valence-electron chi connectivity index (χ0n) is 14.2. The molecule has 1 aromatic heterocycles. The van der Waals surface area contributed by atoms with Crippen molar-refractivity contribution in [2.24, 2.45) is 0 Å². The minimum absolute atomic E-state index is 0.0439. The van der Waals surface area contributed by atoms with Crippen molar-refractivity contribution in [3.05, 3.63) is 59.9 Å². The Morgan fingerprint density at radius 1 is 1.00 bits per heavy atom. The molecule has 4 rings (SSSR count). The Hall–Kier alpha value is -3.15. The van der Waals surface area contributed by atoms with Crippen LogP contribution in [0.4, 0.5) is 10.5 Å². The summed E-state index contributed by atoms with van der Waals surface area (Å²) in [7, 11) is 0. The third kappa shape index (κ3) is 2.94. The summed E-state index contributed by atoms with van der Waals surface area (Å²) in [6.07, 6.45) is 10.2. The summed E-state index contributed by atoms with van der Waals surface area (Å²) in [5, 5.41) is 2.24. The maximum atomic E-state index is 12.8. The van der Waals surface area contributed by atoms with Gasteiger partial charge >= 0.3 is 6.03 Å². The average Bonchev–Trinajstić information content (AvgIpc) is 3.31. The van der Waals surface area contributed by atoms with Crippen molar-refractivity contribution in [1.82, 2.24) is 9.88 Å². The highest BCUT2D eigenvalue weighted by Crippen LogP contribution is 2.30. The largest absolute Gasteiger partial charge is 0.351 e. The number of para-hydroxylation sites is 1. The number of hydrogen-bond acceptors (Lipinski definition) is 3. The number of anilines is 1. The molecule has 2 fully saturated rings. The number of nitrogens with one attached hydrogen (secondary N) is 1. The molecule has 0 bridgehead atoms. The van der Waals surface area contributed by atoms with E-state index in [-0.39, 0.29) is 5.57 Å². The van der Waals surface area contributed by atoms with Crippen molar-refractivity contribution in [2.75, 3.05) is 4.90 Å². The van der Waals surface area contributed by atoms with Crippen molar-refractivity contribution in [1.29, 1.82) is 0 Å². The second-order valence-corrected chi connectivity index (χ2v) is 6.62. The Labute approximate surface area is 151 Å². The summed E-state index contributed by atoms with van der Waals surface area (Å²) in [4.78, 5) is 38.1. The highest BCUT2D eigenvalue weighted by molar-refractivity contribution is 6.39. The van der Waals surface area contributed by atoms with Crippen LogP contribution < -0.4 is 10.2 Å². The first-order valence-electron chi connectivity index (χ1n) is 8.77. The van der Waals surface area contributed by atoms with E-state index in [0.29, 0.717) is 11.7 Å². The Morgan fingerprint density at radius 2 is 1.73 bits per heavy atom. The molecule has 1 N–H and O–H groups in total. The fourth-order valence-corrected chi connectivity index (χ4v) is 3.58. The van der Waals surface area contributed by atoms with Gasteiger partial charge in [-0.05, 0) is 42.7 Å². The van der Waals surface area contributed by atoms with Gasteiger partial charge < -0.3 is 4.57 Å². The first kappa shape index (κ1) is 16.3. The van der Waals surface area contributed by atoms with Crippen LogP contribution in [0.25, 0.3) is 6.08 Å². The smallest absolute Gasteiger partial charge is 0.335 e. The molecule has 0 unspecified atom stereocenters. The van der Waals surface area contributed by atoms with Gasteiger partial charge in [0.1, 0.15) is 5.57 Å². The van der Waals surface area contributed by atoms with E-state index in [1.165, 1.54) is 12.8 Å². The van der Waals surface area contributed by atoms with E-state index in [4.69, 9.17) is 0 Å². The van der Waals surface area contributed by atoms with Crippen molar-refractivity contribution in [3.8, 4) is 0 Å². The number of barbiturate groups is 1. The molecule has 132 valence electrons. The number of urea groups is 1. The van der Waals surface area contributed by atoms with Gasteiger partial charge in [0.2, 0.25) is 0 Å². The lowest BCUT2D eigenvalue weighted by molar-refractivity contribution is -0.122. The predicted octanol–water partition coefficient (Wildman–Crippen LogP) is 3.27. The average molecular weight is 349 g/mol. The molecule has 4 amide bonds. The van der Waals surface area contributed by atoms with Crippen molar-refractivity contribution < 1.29 is 14.4 Å². The number of carbonyl (C=O) groups is 3. The number of carbonyl (C=O) groups excluding carboxylic acids is 3. The van der Waals surface area contributed by atoms with E-state index in [1.807, 2.05) is 18.5 Å². The van der Waals surface area contributed by atoms with Gasteiger partial charge in [0.05, 0.1) is 5.69 Å². The Kier molecular flexibility index (Phi) is 4.16. The van der Waals surface area contributed by atoms with Crippen molar-refractivity contribution in [3.63, 3.8) is 0 Å². The molecule has 0 spiro atoms. The summed E-state index contributed by atoms with van der Waals surface area (Å²) < 4.78 is 2.14. The van der Waals surface area contributed by atoms with Crippen LogP contribution in [0.3, 0.4) is 0 Å². The molecule has 6 heteroatoms. The molecular formula is C20H19N3O3. The van der Waals surface area contributed by atoms with E-state index in [2.05, 4.69) is 9.88 Å². The topological polar surface area (TPSA) is 71.4 Å². The molecule has 2 aromatic rings. The highest BCUT2D eigenvalue weighted by Gasteiger charge is 2.36. The highest BCUT2D eigenvalue weighted by atomic mass is 16.2. The van der Waals surface area contributed by atoms with Crippen LogP contribution in [-0.4, -0.2) is 22.4 Å². The molecule has 1 saturated carbocycles. The van der Waals surface area contributed by atoms with Crippen LogP contribution in [0, 0.1) is 0 Å². The lowest BCUT2D eigenvalue weighted by Crippen LogP contribution is -2.54. The van der Waals surface area contributed by atoms with Crippen LogP contribution in [0.2, 0.25) is 0 Å². The fraction of sp³-hybridized carbons (Fsp3) is 0.250. The molecule has 2 aliphatic rings. The molecule has 1 aliphatic carbocycles. The normalized spacial score (nSPS) is 20.1. The van der Waals surface area contributed by atoms with Crippen LogP contribution in [0.1, 0.15) is 37.3 Å². The monoisotopic (exact) mass is 349 g/mol. The molecule has 1 aliphatic heterocycles. The number of rotatable bonds is 3. The third-order valence-electron chi connectivity index (χ3n) is 4.91. The van der Waals surface area contributed by atoms with Crippen LogP contribution in [0.5, 0.6) is 0 Å². The van der Waals surface area contributed by atoms with E-state index >= 15 is 0 Å². The molecular weight excluding hydrogens is 330 g/mol. The van der Waals surface area contributed by atoms with Gasteiger partial charge in [-0.15, -0.1) is 0 Å². The van der Waals surface area contributed by atoms with Gasteiger partial charge in [-0.2, -0.15) is 0 Å². The number of nitrogens with zero attached hydrogens (tertiary/aromatic N) is 2. The first-order chi connectivity index (χ1) is 12.6. The fourth-order valence-electron chi connectivity index (χ4n) is 3.58. The number of hydrogen-bond donors (Lipinski definition) is 1. The zero-order chi connectivity index (χ0) is 18.1. The van der Waals surface area contributed by atoms with Gasteiger partial charge in [-0.3, -0.25) is 14.9 Å². The van der Waals surface area contributed by atoms with Crippen LogP contribution in [-0.2, 0) is 9.59 Å². The van der Waals surface area contributed by atoms with E-state index in [1.54, 1.807) is 36.4 Å². The third-order valence-corrected chi connectivity index (χ3v) is 4.91. The predicted molar refractivity (Wildman–Crippen MR) is 97.4 cm³/mol. The van der Waals surface area contributed by atoms with Crippen molar-refractivity contribution >= 4 is 29.6 Å². The summed E-state index contributed by atoms with van der Waals surface area (Å²) in [6.45, 7) is 0. The maximum absolute atomic E-state index is 12.8. The van der Waals surface area contributed by atoms with Gasteiger partial charge in [0.15, 0.2) is 0 Å². The van der Waals surface area contributed by atoms with E-state index in [0.717, 1.165) is 23.3 Å². The number of amides is 4. The van der Waals surface area contributed by atoms with Gasteiger partial charge in [0.25, 0.3) is 11.8 Å². The maximum Gasteiger partial charge on any atom is 0.335 e. The Balaban J connectivity index is 1.64. The van der Waals surface area contributed by atoms with E-state index in [9.17, 15) is 14.4 Å². The molecule has 1 saturated heterocycles. The lowest BCUT2D eigenvalue weighted by atomic mass is 10.1. The summed E-state index contributed by atoms with van der Waals surface area (Å²) in [6, 6.07) is 10.2. The Bertz CT molecular complexity index is 892. The quantitative estimate of drug-likeness (QED) is 0.683. The van der Waals surface area contributed by atoms with Gasteiger partial charge in [-0.1, -0.05) is 31.0 Å². The van der Waals surface area contributed by atoms with Crippen molar-refractivity contribution in [2.45, 2.75) is 31.7 Å².